The summed E-state index contributed by atoms with van der Waals surface area (Å²) in [5, 5.41) is 11.2. The van der Waals surface area contributed by atoms with Crippen molar-refractivity contribution in [2.24, 2.45) is 0 Å². The summed E-state index contributed by atoms with van der Waals surface area (Å²) in [6, 6.07) is 13.5. The minimum Gasteiger partial charge on any atom is -0.490 e. The van der Waals surface area contributed by atoms with E-state index in [1.165, 1.54) is 16.7 Å². The van der Waals surface area contributed by atoms with Gasteiger partial charge in [0.1, 0.15) is 29.7 Å². The van der Waals surface area contributed by atoms with Crippen LogP contribution in [-0.4, -0.2) is 29.3 Å². The van der Waals surface area contributed by atoms with Gasteiger partial charge in [-0.25, -0.2) is 9.78 Å². The highest BCUT2D eigenvalue weighted by molar-refractivity contribution is 7.13. The fourth-order valence-electron chi connectivity index (χ4n) is 2.59. The van der Waals surface area contributed by atoms with E-state index < -0.39 is 5.97 Å². The largest absolute Gasteiger partial charge is 0.490 e. The fraction of sp³-hybridized carbons (Fsp3) is 0.200. The molecule has 1 N–H and O–H groups in total. The average molecular weight is 369 g/mol. The topological polar surface area (TPSA) is 68.7 Å². The van der Waals surface area contributed by atoms with E-state index in [1.807, 2.05) is 50.2 Å². The maximum atomic E-state index is 11.0. The summed E-state index contributed by atoms with van der Waals surface area (Å²) in [5.41, 5.74) is 3.13. The Morgan fingerprint density at radius 3 is 2.46 bits per heavy atom. The van der Waals surface area contributed by atoms with Crippen LogP contribution in [0.25, 0.3) is 10.6 Å². The number of benzene rings is 2. The Labute approximate surface area is 155 Å². The molecule has 0 aliphatic carbocycles. The summed E-state index contributed by atoms with van der Waals surface area (Å²) in [6.07, 6.45) is 0. The SMILES string of the molecule is Cc1cc(C)cc(OCCOc2ccccc2-c2nc(C(=O)O)cs2)c1. The summed E-state index contributed by atoms with van der Waals surface area (Å²) in [6.45, 7) is 4.86. The summed E-state index contributed by atoms with van der Waals surface area (Å²) in [5.74, 6) is 0.445. The molecule has 1 heterocycles. The molecule has 3 aromatic rings. The van der Waals surface area contributed by atoms with E-state index in [1.54, 1.807) is 0 Å². The van der Waals surface area contributed by atoms with Gasteiger partial charge in [-0.15, -0.1) is 11.3 Å². The first-order valence-corrected chi connectivity index (χ1v) is 9.03. The molecule has 0 bridgehead atoms. The minimum absolute atomic E-state index is 0.0398. The molecule has 0 amide bonds. The Balaban J connectivity index is 1.64. The fourth-order valence-corrected chi connectivity index (χ4v) is 3.42. The molecule has 6 heteroatoms. The average Bonchev–Trinajstić information content (AvgIpc) is 3.08. The lowest BCUT2D eigenvalue weighted by molar-refractivity contribution is 0.0691. The first-order valence-electron chi connectivity index (χ1n) is 8.15. The predicted octanol–water partition coefficient (Wildman–Crippen LogP) is 4.58. The van der Waals surface area contributed by atoms with Gasteiger partial charge in [0.25, 0.3) is 0 Å². The van der Waals surface area contributed by atoms with Crippen LogP contribution in [0.2, 0.25) is 0 Å². The first-order chi connectivity index (χ1) is 12.5. The van der Waals surface area contributed by atoms with Gasteiger partial charge in [0.15, 0.2) is 5.69 Å². The molecule has 0 spiro atoms. The number of nitrogens with zero attached hydrogens (tertiary/aromatic N) is 1. The smallest absolute Gasteiger partial charge is 0.355 e. The number of hydrogen-bond acceptors (Lipinski definition) is 5. The molecule has 0 aliphatic heterocycles. The van der Waals surface area contributed by atoms with E-state index in [4.69, 9.17) is 14.6 Å². The maximum Gasteiger partial charge on any atom is 0.355 e. The van der Waals surface area contributed by atoms with Gasteiger partial charge in [-0.05, 0) is 49.2 Å². The van der Waals surface area contributed by atoms with Crippen molar-refractivity contribution >= 4 is 17.3 Å². The van der Waals surface area contributed by atoms with Crippen LogP contribution < -0.4 is 9.47 Å². The lowest BCUT2D eigenvalue weighted by atomic mass is 10.1. The molecule has 0 saturated carbocycles. The number of hydrogen-bond donors (Lipinski definition) is 1. The number of carboxylic acid groups (broad SMARTS) is 1. The van der Waals surface area contributed by atoms with Crippen LogP contribution >= 0.6 is 11.3 Å². The van der Waals surface area contributed by atoms with Crippen LogP contribution in [0, 0.1) is 13.8 Å². The number of carbonyl (C=O) groups is 1. The molecular weight excluding hydrogens is 350 g/mol. The molecule has 0 fully saturated rings. The van der Waals surface area contributed by atoms with Crippen molar-refractivity contribution in [3.05, 3.63) is 64.7 Å². The molecule has 0 unspecified atom stereocenters. The second-order valence-electron chi connectivity index (χ2n) is 5.86. The van der Waals surface area contributed by atoms with E-state index in [-0.39, 0.29) is 5.69 Å². The molecule has 3 rings (SSSR count). The predicted molar refractivity (Wildman–Crippen MR) is 101 cm³/mol. The molecule has 0 atom stereocenters. The summed E-state index contributed by atoms with van der Waals surface area (Å²) < 4.78 is 11.6. The normalized spacial score (nSPS) is 10.5. The third-order valence-electron chi connectivity index (χ3n) is 3.65. The van der Waals surface area contributed by atoms with Crippen LogP contribution in [0.3, 0.4) is 0 Å². The van der Waals surface area contributed by atoms with E-state index in [0.717, 1.165) is 22.4 Å². The van der Waals surface area contributed by atoms with Crippen molar-refractivity contribution in [1.29, 1.82) is 0 Å². The standard InChI is InChI=1S/C20H19NO4S/c1-13-9-14(2)11-15(10-13)24-7-8-25-18-6-4-3-5-16(18)19-21-17(12-26-19)20(22)23/h3-6,9-12H,7-8H2,1-2H3,(H,22,23). The van der Waals surface area contributed by atoms with E-state index in [0.29, 0.717) is 24.0 Å². The number of para-hydroxylation sites is 1. The summed E-state index contributed by atoms with van der Waals surface area (Å²) >= 11 is 1.28. The molecule has 134 valence electrons. The van der Waals surface area contributed by atoms with Gasteiger partial charge in [-0.1, -0.05) is 18.2 Å². The number of aryl methyl sites for hydroxylation is 2. The highest BCUT2D eigenvalue weighted by atomic mass is 32.1. The molecule has 26 heavy (non-hydrogen) atoms. The van der Waals surface area contributed by atoms with Gasteiger partial charge in [0, 0.05) is 5.38 Å². The Morgan fingerprint density at radius 1 is 1.08 bits per heavy atom. The van der Waals surface area contributed by atoms with Crippen LogP contribution in [0.15, 0.2) is 47.8 Å². The third kappa shape index (κ3) is 4.40. The van der Waals surface area contributed by atoms with Crippen LogP contribution in [0.1, 0.15) is 21.6 Å². The molecule has 1 aromatic heterocycles. The van der Waals surface area contributed by atoms with Crippen molar-refractivity contribution in [1.82, 2.24) is 4.98 Å². The van der Waals surface area contributed by atoms with E-state index >= 15 is 0 Å². The zero-order valence-electron chi connectivity index (χ0n) is 14.6. The zero-order valence-corrected chi connectivity index (χ0v) is 15.4. The number of aromatic nitrogens is 1. The quantitative estimate of drug-likeness (QED) is 0.617. The second kappa shape index (κ2) is 8.01. The van der Waals surface area contributed by atoms with Gasteiger partial charge in [0.05, 0.1) is 5.56 Å². The Hall–Kier alpha value is -2.86. The minimum atomic E-state index is -1.03. The molecule has 0 saturated heterocycles. The number of thiazole rings is 1. The monoisotopic (exact) mass is 369 g/mol. The number of carboxylic acids is 1. The highest BCUT2D eigenvalue weighted by Crippen LogP contribution is 2.32. The highest BCUT2D eigenvalue weighted by Gasteiger charge is 2.13. The van der Waals surface area contributed by atoms with Gasteiger partial charge < -0.3 is 14.6 Å². The number of rotatable bonds is 7. The summed E-state index contributed by atoms with van der Waals surface area (Å²) in [4.78, 5) is 15.2. The van der Waals surface area contributed by atoms with Crippen molar-refractivity contribution in [2.45, 2.75) is 13.8 Å². The molecule has 0 radical (unpaired) electrons. The van der Waals surface area contributed by atoms with Gasteiger partial charge >= 0.3 is 5.97 Å². The second-order valence-corrected chi connectivity index (χ2v) is 6.72. The maximum absolute atomic E-state index is 11.0. The Bertz CT molecular complexity index is 899. The molecule has 2 aromatic carbocycles. The van der Waals surface area contributed by atoms with Crippen molar-refractivity contribution in [3.63, 3.8) is 0 Å². The van der Waals surface area contributed by atoms with Gasteiger partial charge in [0.2, 0.25) is 0 Å². The van der Waals surface area contributed by atoms with E-state index in [2.05, 4.69) is 11.1 Å². The van der Waals surface area contributed by atoms with Crippen molar-refractivity contribution in [3.8, 4) is 22.1 Å². The van der Waals surface area contributed by atoms with Gasteiger partial charge in [-0.3, -0.25) is 0 Å². The van der Waals surface area contributed by atoms with Crippen LogP contribution in [0.4, 0.5) is 0 Å². The van der Waals surface area contributed by atoms with Gasteiger partial charge in [-0.2, -0.15) is 0 Å². The zero-order chi connectivity index (χ0) is 18.5. The number of aromatic carboxylic acids is 1. The van der Waals surface area contributed by atoms with E-state index in [9.17, 15) is 4.79 Å². The Morgan fingerprint density at radius 2 is 1.77 bits per heavy atom. The lowest BCUT2D eigenvalue weighted by Gasteiger charge is -2.11. The molecular formula is C20H19NO4S. The van der Waals surface area contributed by atoms with Crippen LogP contribution in [0.5, 0.6) is 11.5 Å². The lowest BCUT2D eigenvalue weighted by Crippen LogP contribution is -2.09. The first kappa shape index (κ1) is 17.9. The Kier molecular flexibility index (Phi) is 5.53. The molecule has 0 aliphatic rings. The molecule has 5 nitrogen and oxygen atoms in total. The van der Waals surface area contributed by atoms with Crippen molar-refractivity contribution in [2.75, 3.05) is 13.2 Å². The number of ether oxygens (including phenoxy) is 2. The summed E-state index contributed by atoms with van der Waals surface area (Å²) in [7, 11) is 0. The van der Waals surface area contributed by atoms with Crippen molar-refractivity contribution < 1.29 is 19.4 Å². The third-order valence-corrected chi connectivity index (χ3v) is 4.52. The van der Waals surface area contributed by atoms with Crippen LogP contribution in [-0.2, 0) is 0 Å².